The molecule has 1 aromatic heterocycles. The summed E-state index contributed by atoms with van der Waals surface area (Å²) in [5, 5.41) is 17.3. The van der Waals surface area contributed by atoms with Gasteiger partial charge in [-0.15, -0.1) is 0 Å². The number of benzene rings is 1. The van der Waals surface area contributed by atoms with Crippen LogP contribution in [0.4, 0.5) is 4.39 Å². The number of rotatable bonds is 5. The summed E-state index contributed by atoms with van der Waals surface area (Å²) < 4.78 is 13.6. The van der Waals surface area contributed by atoms with Gasteiger partial charge in [-0.2, -0.15) is 11.3 Å². The minimum Gasteiger partial charge on any atom is -0.387 e. The maximum Gasteiger partial charge on any atom is 0.126 e. The number of hydrogen-bond acceptors (Lipinski definition) is 3. The Morgan fingerprint density at radius 1 is 1.30 bits per heavy atom. The summed E-state index contributed by atoms with van der Waals surface area (Å²) in [6, 6.07) is 9.34. The van der Waals surface area contributed by atoms with Gasteiger partial charge in [-0.05, 0) is 52.8 Å². The molecule has 1 aromatic carbocycles. The number of thiophene rings is 1. The Hall–Kier alpha value is -1.23. The zero-order chi connectivity index (χ0) is 13.9. The van der Waals surface area contributed by atoms with Crippen molar-refractivity contribution in [1.82, 2.24) is 5.32 Å². The van der Waals surface area contributed by atoms with E-state index in [1.165, 1.54) is 6.07 Å². The number of aliphatic hydroxyl groups is 1. The lowest BCUT2D eigenvalue weighted by Crippen LogP contribution is -2.42. The lowest BCUT2D eigenvalue weighted by atomic mass is 9.75. The fourth-order valence-electron chi connectivity index (χ4n) is 2.71. The van der Waals surface area contributed by atoms with Crippen molar-refractivity contribution in [3.05, 3.63) is 58.0 Å². The van der Waals surface area contributed by atoms with Gasteiger partial charge in [0.15, 0.2) is 0 Å². The van der Waals surface area contributed by atoms with E-state index in [-0.39, 0.29) is 5.82 Å². The summed E-state index contributed by atoms with van der Waals surface area (Å²) >= 11 is 1.59. The minimum atomic E-state index is -0.450. The van der Waals surface area contributed by atoms with Gasteiger partial charge in [-0.25, -0.2) is 4.39 Å². The van der Waals surface area contributed by atoms with Crippen LogP contribution in [0.25, 0.3) is 0 Å². The normalized spacial score (nSPS) is 23.3. The second-order valence-corrected chi connectivity index (χ2v) is 6.15. The van der Waals surface area contributed by atoms with Crippen molar-refractivity contribution in [3.63, 3.8) is 0 Å². The highest BCUT2D eigenvalue weighted by atomic mass is 32.1. The molecule has 0 aliphatic heterocycles. The molecular formula is C16H18FNOS. The van der Waals surface area contributed by atoms with E-state index in [2.05, 4.69) is 5.32 Å². The first-order valence-corrected chi connectivity index (χ1v) is 7.86. The zero-order valence-corrected chi connectivity index (χ0v) is 11.9. The third kappa shape index (κ3) is 2.92. The fraction of sp³-hybridized carbons (Fsp3) is 0.375. The van der Waals surface area contributed by atoms with Crippen molar-refractivity contribution in [1.29, 1.82) is 0 Å². The average Bonchev–Trinajstić information content (AvgIpc) is 2.92. The molecule has 1 aliphatic carbocycles. The molecule has 1 atom stereocenters. The third-order valence-electron chi connectivity index (χ3n) is 4.01. The van der Waals surface area contributed by atoms with Crippen molar-refractivity contribution < 1.29 is 9.50 Å². The van der Waals surface area contributed by atoms with Gasteiger partial charge in [0, 0.05) is 12.6 Å². The quantitative estimate of drug-likeness (QED) is 0.884. The highest BCUT2D eigenvalue weighted by molar-refractivity contribution is 7.07. The molecule has 1 fully saturated rings. The molecule has 1 heterocycles. The first kappa shape index (κ1) is 13.7. The Morgan fingerprint density at radius 2 is 2.10 bits per heavy atom. The van der Waals surface area contributed by atoms with E-state index in [9.17, 15) is 9.50 Å². The third-order valence-corrected chi connectivity index (χ3v) is 4.71. The predicted molar refractivity (Wildman–Crippen MR) is 79.4 cm³/mol. The van der Waals surface area contributed by atoms with Crippen molar-refractivity contribution in [3.8, 4) is 0 Å². The minimum absolute atomic E-state index is 0.103. The SMILES string of the molecule is OC(CNC1CC(c2ccccc2F)C1)c1ccsc1. The van der Waals surface area contributed by atoms with Crippen LogP contribution in [-0.2, 0) is 0 Å². The Morgan fingerprint density at radius 3 is 2.80 bits per heavy atom. The summed E-state index contributed by atoms with van der Waals surface area (Å²) in [6.45, 7) is 0.561. The predicted octanol–water partition coefficient (Wildman–Crippen LogP) is 3.46. The Kier molecular flexibility index (Phi) is 4.15. The molecule has 2 aromatic rings. The van der Waals surface area contributed by atoms with Crippen LogP contribution in [0.15, 0.2) is 41.1 Å². The largest absolute Gasteiger partial charge is 0.387 e. The fourth-order valence-corrected chi connectivity index (χ4v) is 3.41. The smallest absolute Gasteiger partial charge is 0.126 e. The molecule has 20 heavy (non-hydrogen) atoms. The van der Waals surface area contributed by atoms with E-state index in [1.807, 2.05) is 29.0 Å². The second-order valence-electron chi connectivity index (χ2n) is 5.37. The van der Waals surface area contributed by atoms with Gasteiger partial charge in [0.1, 0.15) is 5.82 Å². The van der Waals surface area contributed by atoms with Crippen molar-refractivity contribution >= 4 is 11.3 Å². The molecule has 0 spiro atoms. The van der Waals surface area contributed by atoms with Gasteiger partial charge in [0.25, 0.3) is 0 Å². The summed E-state index contributed by atoms with van der Waals surface area (Å²) in [6.07, 6.45) is 1.43. The monoisotopic (exact) mass is 291 g/mol. The molecule has 1 unspecified atom stereocenters. The van der Waals surface area contributed by atoms with E-state index in [0.29, 0.717) is 18.5 Å². The van der Waals surface area contributed by atoms with Crippen LogP contribution in [-0.4, -0.2) is 17.7 Å². The number of hydrogen-bond donors (Lipinski definition) is 2. The molecule has 0 bridgehead atoms. The highest BCUT2D eigenvalue weighted by Crippen LogP contribution is 2.38. The molecule has 0 amide bonds. The van der Waals surface area contributed by atoms with E-state index in [0.717, 1.165) is 24.0 Å². The van der Waals surface area contributed by atoms with E-state index in [1.54, 1.807) is 17.4 Å². The second kappa shape index (κ2) is 6.04. The van der Waals surface area contributed by atoms with Crippen molar-refractivity contribution in [2.45, 2.75) is 30.9 Å². The molecule has 106 valence electrons. The van der Waals surface area contributed by atoms with Crippen LogP contribution in [0.3, 0.4) is 0 Å². The molecule has 2 N–H and O–H groups in total. The molecule has 1 saturated carbocycles. The molecule has 4 heteroatoms. The van der Waals surface area contributed by atoms with Gasteiger partial charge < -0.3 is 10.4 Å². The molecule has 1 aliphatic rings. The number of aliphatic hydroxyl groups excluding tert-OH is 1. The Labute approximate surface area is 122 Å². The van der Waals surface area contributed by atoms with Gasteiger partial charge in [0.05, 0.1) is 6.10 Å². The molecule has 2 nitrogen and oxygen atoms in total. The van der Waals surface area contributed by atoms with E-state index in [4.69, 9.17) is 0 Å². The average molecular weight is 291 g/mol. The van der Waals surface area contributed by atoms with Crippen LogP contribution >= 0.6 is 11.3 Å². The highest BCUT2D eigenvalue weighted by Gasteiger charge is 2.31. The first-order chi connectivity index (χ1) is 9.74. The topological polar surface area (TPSA) is 32.3 Å². The lowest BCUT2D eigenvalue weighted by molar-refractivity contribution is 0.157. The van der Waals surface area contributed by atoms with Crippen molar-refractivity contribution in [2.24, 2.45) is 0 Å². The summed E-state index contributed by atoms with van der Waals surface area (Å²) in [7, 11) is 0. The van der Waals surface area contributed by atoms with Crippen LogP contribution < -0.4 is 5.32 Å². The molecule has 3 rings (SSSR count). The van der Waals surface area contributed by atoms with E-state index < -0.39 is 6.10 Å². The summed E-state index contributed by atoms with van der Waals surface area (Å²) in [5.41, 5.74) is 1.79. The van der Waals surface area contributed by atoms with Gasteiger partial charge >= 0.3 is 0 Å². The lowest BCUT2D eigenvalue weighted by Gasteiger charge is -2.37. The van der Waals surface area contributed by atoms with Crippen LogP contribution in [0.5, 0.6) is 0 Å². The zero-order valence-electron chi connectivity index (χ0n) is 11.1. The van der Waals surface area contributed by atoms with Gasteiger partial charge in [-0.3, -0.25) is 0 Å². The van der Waals surface area contributed by atoms with Gasteiger partial charge in [-0.1, -0.05) is 18.2 Å². The number of halogens is 1. The first-order valence-electron chi connectivity index (χ1n) is 6.92. The van der Waals surface area contributed by atoms with E-state index >= 15 is 0 Å². The van der Waals surface area contributed by atoms with Gasteiger partial charge in [0.2, 0.25) is 0 Å². The van der Waals surface area contributed by atoms with Crippen LogP contribution in [0, 0.1) is 5.82 Å². The van der Waals surface area contributed by atoms with Crippen LogP contribution in [0.2, 0.25) is 0 Å². The molecule has 0 saturated heterocycles. The summed E-state index contributed by atoms with van der Waals surface area (Å²) in [4.78, 5) is 0. The van der Waals surface area contributed by atoms with Crippen LogP contribution in [0.1, 0.15) is 36.0 Å². The maximum atomic E-state index is 13.6. The number of nitrogens with one attached hydrogen (secondary N) is 1. The Balaban J connectivity index is 1.46. The maximum absolute atomic E-state index is 13.6. The molecule has 0 radical (unpaired) electrons. The Bertz CT molecular complexity index is 551. The van der Waals surface area contributed by atoms with Crippen molar-refractivity contribution in [2.75, 3.05) is 6.54 Å². The standard InChI is InChI=1S/C16H18FNOS/c17-15-4-2-1-3-14(15)12-7-13(8-12)18-9-16(19)11-5-6-20-10-11/h1-6,10,12-13,16,18-19H,7-9H2. The summed E-state index contributed by atoms with van der Waals surface area (Å²) in [5.74, 6) is 0.209. The molecular weight excluding hydrogens is 273 g/mol.